The van der Waals surface area contributed by atoms with Crippen molar-refractivity contribution in [1.29, 1.82) is 0 Å². The van der Waals surface area contributed by atoms with Gasteiger partial charge in [-0.25, -0.2) is 4.98 Å². The van der Waals surface area contributed by atoms with Crippen molar-refractivity contribution in [3.8, 4) is 5.69 Å². The predicted octanol–water partition coefficient (Wildman–Crippen LogP) is 3.76. The lowest BCUT2D eigenvalue weighted by atomic mass is 10.1. The molecule has 0 bridgehead atoms. The van der Waals surface area contributed by atoms with Crippen LogP contribution in [0.25, 0.3) is 16.6 Å². The summed E-state index contributed by atoms with van der Waals surface area (Å²) >= 11 is 1.39. The fourth-order valence-corrected chi connectivity index (χ4v) is 4.86. The van der Waals surface area contributed by atoms with Crippen molar-refractivity contribution in [2.75, 3.05) is 6.54 Å². The molecule has 6 heteroatoms. The van der Waals surface area contributed by atoms with Crippen LogP contribution in [0.1, 0.15) is 30.4 Å². The molecule has 0 aliphatic carbocycles. The predicted molar refractivity (Wildman–Crippen MR) is 113 cm³/mol. The van der Waals surface area contributed by atoms with Gasteiger partial charge in [0.25, 0.3) is 5.56 Å². The summed E-state index contributed by atoms with van der Waals surface area (Å²) in [6.07, 6.45) is 2.75. The lowest BCUT2D eigenvalue weighted by Gasteiger charge is -2.19. The van der Waals surface area contributed by atoms with E-state index in [9.17, 15) is 9.59 Å². The van der Waals surface area contributed by atoms with Crippen molar-refractivity contribution < 1.29 is 4.79 Å². The van der Waals surface area contributed by atoms with Crippen LogP contribution in [-0.4, -0.2) is 27.3 Å². The average molecular weight is 394 g/mol. The summed E-state index contributed by atoms with van der Waals surface area (Å²) in [6, 6.07) is 13.4. The van der Waals surface area contributed by atoms with E-state index >= 15 is 0 Å². The zero-order chi connectivity index (χ0) is 19.7. The topological polar surface area (TPSA) is 64.0 Å². The first-order valence-electron chi connectivity index (χ1n) is 9.59. The van der Waals surface area contributed by atoms with Gasteiger partial charge in [0.15, 0.2) is 5.16 Å². The molecule has 1 N–H and O–H groups in total. The van der Waals surface area contributed by atoms with Crippen molar-refractivity contribution in [3.05, 3.63) is 63.9 Å². The number of benzene rings is 2. The van der Waals surface area contributed by atoms with Crippen LogP contribution in [0.5, 0.6) is 0 Å². The summed E-state index contributed by atoms with van der Waals surface area (Å²) in [5.41, 5.74) is 3.42. The number of aryl methyl sites for hydroxylation is 2. The molecular weight excluding hydrogens is 370 g/mol. The maximum atomic E-state index is 13.5. The third-order valence-electron chi connectivity index (χ3n) is 5.14. The van der Waals surface area contributed by atoms with Crippen molar-refractivity contribution in [3.63, 3.8) is 0 Å². The number of hydrogen-bond acceptors (Lipinski definition) is 4. The largest absolute Gasteiger partial charge is 0.355 e. The van der Waals surface area contributed by atoms with Crippen LogP contribution in [0.15, 0.2) is 52.4 Å². The van der Waals surface area contributed by atoms with Gasteiger partial charge in [-0.15, -0.1) is 0 Å². The highest BCUT2D eigenvalue weighted by atomic mass is 32.2. The van der Waals surface area contributed by atoms with Crippen molar-refractivity contribution in [1.82, 2.24) is 14.9 Å². The molecule has 1 saturated heterocycles. The number of carbonyl (C=O) groups is 1. The molecule has 1 fully saturated rings. The van der Waals surface area contributed by atoms with Gasteiger partial charge in [0, 0.05) is 6.54 Å². The maximum Gasteiger partial charge on any atom is 0.266 e. The number of para-hydroxylation sites is 2. The van der Waals surface area contributed by atoms with Gasteiger partial charge in [0.1, 0.15) is 0 Å². The van der Waals surface area contributed by atoms with E-state index in [1.807, 2.05) is 56.3 Å². The molecule has 1 aliphatic heterocycles. The van der Waals surface area contributed by atoms with Crippen molar-refractivity contribution in [2.45, 2.75) is 43.5 Å². The van der Waals surface area contributed by atoms with Gasteiger partial charge in [0.05, 0.1) is 21.8 Å². The number of hydrogen-bond donors (Lipinski definition) is 1. The van der Waals surface area contributed by atoms with Crippen LogP contribution < -0.4 is 10.9 Å². The third-order valence-corrected chi connectivity index (χ3v) is 6.36. The molecule has 0 spiro atoms. The Labute approximate surface area is 168 Å². The van der Waals surface area contributed by atoms with Gasteiger partial charge in [-0.2, -0.15) is 0 Å². The SMILES string of the molecule is Cc1cccc(C)c1-n1c(S[C@@H]2CCCCNC2=O)nc2ccccc2c1=O. The van der Waals surface area contributed by atoms with Crippen LogP contribution in [0, 0.1) is 13.8 Å². The molecule has 0 unspecified atom stereocenters. The second-order valence-corrected chi connectivity index (χ2v) is 8.36. The van der Waals surface area contributed by atoms with E-state index < -0.39 is 0 Å². The lowest BCUT2D eigenvalue weighted by Crippen LogP contribution is -2.32. The van der Waals surface area contributed by atoms with Gasteiger partial charge >= 0.3 is 0 Å². The molecule has 1 aromatic heterocycles. The van der Waals surface area contributed by atoms with Crippen molar-refractivity contribution >= 4 is 28.6 Å². The Morgan fingerprint density at radius 3 is 2.57 bits per heavy atom. The number of fused-ring (bicyclic) bond motifs is 1. The third kappa shape index (κ3) is 3.44. The highest BCUT2D eigenvalue weighted by Crippen LogP contribution is 2.30. The quantitative estimate of drug-likeness (QED) is 0.688. The van der Waals surface area contributed by atoms with Crippen LogP contribution in [0.2, 0.25) is 0 Å². The zero-order valence-corrected chi connectivity index (χ0v) is 16.9. The lowest BCUT2D eigenvalue weighted by molar-refractivity contribution is -0.120. The molecule has 4 rings (SSSR count). The van der Waals surface area contributed by atoms with E-state index in [1.165, 1.54) is 11.8 Å². The van der Waals surface area contributed by atoms with Crippen LogP contribution in [-0.2, 0) is 4.79 Å². The number of nitrogens with zero attached hydrogens (tertiary/aromatic N) is 2. The van der Waals surface area contributed by atoms with Gasteiger partial charge in [-0.3, -0.25) is 14.2 Å². The Hall–Kier alpha value is -2.60. The standard InChI is InChI=1S/C22H23N3O2S/c1-14-8-7-9-15(2)19(14)25-21(27)16-10-3-4-11-17(16)24-22(25)28-18-12-5-6-13-23-20(18)26/h3-4,7-11,18H,5-6,12-13H2,1-2H3,(H,23,26)/t18-/m1/s1. The number of nitrogens with one attached hydrogen (secondary N) is 1. The highest BCUT2D eigenvalue weighted by molar-refractivity contribution is 8.00. The molecular formula is C22H23N3O2S. The van der Waals surface area contributed by atoms with Crippen LogP contribution in [0.3, 0.4) is 0 Å². The monoisotopic (exact) mass is 393 g/mol. The van der Waals surface area contributed by atoms with E-state index in [-0.39, 0.29) is 16.7 Å². The molecule has 1 aliphatic rings. The minimum absolute atomic E-state index is 0.0259. The van der Waals surface area contributed by atoms with Gasteiger partial charge in [-0.05, 0) is 49.9 Å². The number of amides is 1. The number of carbonyl (C=O) groups excluding carboxylic acids is 1. The first-order valence-corrected chi connectivity index (χ1v) is 10.5. The molecule has 28 heavy (non-hydrogen) atoms. The minimum atomic E-state index is -0.244. The number of thioether (sulfide) groups is 1. The van der Waals surface area contributed by atoms with E-state index in [0.29, 0.717) is 22.6 Å². The van der Waals surface area contributed by atoms with Gasteiger partial charge in [-0.1, -0.05) is 48.5 Å². The van der Waals surface area contributed by atoms with Crippen molar-refractivity contribution in [2.24, 2.45) is 0 Å². The molecule has 0 radical (unpaired) electrons. The smallest absolute Gasteiger partial charge is 0.266 e. The average Bonchev–Trinajstić information content (AvgIpc) is 2.88. The summed E-state index contributed by atoms with van der Waals surface area (Å²) in [5, 5.41) is 3.88. The van der Waals surface area contributed by atoms with E-state index in [0.717, 1.165) is 36.1 Å². The summed E-state index contributed by atoms with van der Waals surface area (Å²) in [7, 11) is 0. The Balaban J connectivity index is 1.94. The van der Waals surface area contributed by atoms with E-state index in [1.54, 1.807) is 4.57 Å². The first-order chi connectivity index (χ1) is 13.6. The van der Waals surface area contributed by atoms with Gasteiger partial charge in [0.2, 0.25) is 5.91 Å². The van der Waals surface area contributed by atoms with Gasteiger partial charge < -0.3 is 5.32 Å². The second kappa shape index (κ2) is 7.80. The molecule has 144 valence electrons. The Kier molecular flexibility index (Phi) is 5.22. The summed E-state index contributed by atoms with van der Waals surface area (Å²) in [6.45, 7) is 4.71. The fourth-order valence-electron chi connectivity index (χ4n) is 3.70. The normalized spacial score (nSPS) is 17.4. The first kappa shape index (κ1) is 18.7. The molecule has 2 aromatic carbocycles. The minimum Gasteiger partial charge on any atom is -0.355 e. The van der Waals surface area contributed by atoms with E-state index in [4.69, 9.17) is 4.98 Å². The molecule has 2 heterocycles. The summed E-state index contributed by atoms with van der Waals surface area (Å²) in [5.74, 6) is 0.0259. The van der Waals surface area contributed by atoms with E-state index in [2.05, 4.69) is 5.32 Å². The Bertz CT molecular complexity index is 1090. The maximum absolute atomic E-state index is 13.5. The Morgan fingerprint density at radius 1 is 1.04 bits per heavy atom. The molecule has 5 nitrogen and oxygen atoms in total. The fraction of sp³-hybridized carbons (Fsp3) is 0.318. The second-order valence-electron chi connectivity index (χ2n) is 7.19. The zero-order valence-electron chi connectivity index (χ0n) is 16.1. The Morgan fingerprint density at radius 2 is 1.79 bits per heavy atom. The summed E-state index contributed by atoms with van der Waals surface area (Å²) < 4.78 is 1.69. The number of aromatic nitrogens is 2. The molecule has 1 amide bonds. The molecule has 3 aromatic rings. The molecule has 1 atom stereocenters. The van der Waals surface area contributed by atoms with Crippen LogP contribution in [0.4, 0.5) is 0 Å². The van der Waals surface area contributed by atoms with Crippen LogP contribution >= 0.6 is 11.8 Å². The molecule has 0 saturated carbocycles. The number of rotatable bonds is 3. The highest BCUT2D eigenvalue weighted by Gasteiger charge is 2.25. The summed E-state index contributed by atoms with van der Waals surface area (Å²) in [4.78, 5) is 30.8.